The summed E-state index contributed by atoms with van der Waals surface area (Å²) >= 11 is 0. The van der Waals surface area contributed by atoms with Crippen molar-refractivity contribution in [2.45, 2.75) is 44.7 Å². The Labute approximate surface area is 150 Å². The number of hydrogen-bond acceptors (Lipinski definition) is 4. The summed E-state index contributed by atoms with van der Waals surface area (Å²) in [5.74, 6) is 0.210. The van der Waals surface area contributed by atoms with Gasteiger partial charge in [-0.15, -0.1) is 0 Å². The van der Waals surface area contributed by atoms with Crippen LogP contribution in [0.25, 0.3) is 0 Å². The minimum Gasteiger partial charge on any atom is -0.381 e. The number of nitrogens with zero attached hydrogens (tertiary/aromatic N) is 1. The maximum atomic E-state index is 12.6. The standard InChI is InChI=1S/C20H31N3O2/c1-15-4-6-16(7-5-15)18(23-10-2-3-11-23)14-22-20(24)19(21)17-8-12-25-13-9-17/h4-7,17-19H,2-3,8-14,21H2,1H3,(H,22,24). The molecule has 3 rings (SSSR count). The van der Waals surface area contributed by atoms with Crippen molar-refractivity contribution in [3.63, 3.8) is 0 Å². The molecule has 2 fully saturated rings. The highest BCUT2D eigenvalue weighted by Gasteiger charge is 2.28. The third-order valence-electron chi connectivity index (χ3n) is 5.59. The molecule has 0 spiro atoms. The van der Waals surface area contributed by atoms with Crippen LogP contribution in [-0.4, -0.2) is 49.7 Å². The molecule has 1 amide bonds. The number of ether oxygens (including phenoxy) is 1. The summed E-state index contributed by atoms with van der Waals surface area (Å²) in [6.45, 7) is 6.35. The Morgan fingerprint density at radius 1 is 1.24 bits per heavy atom. The fourth-order valence-corrected chi connectivity index (χ4v) is 3.90. The van der Waals surface area contributed by atoms with Gasteiger partial charge in [0, 0.05) is 19.8 Å². The largest absolute Gasteiger partial charge is 0.381 e. The minimum absolute atomic E-state index is 0.0248. The zero-order valence-electron chi connectivity index (χ0n) is 15.2. The second-order valence-corrected chi connectivity index (χ2v) is 7.39. The molecule has 2 unspecified atom stereocenters. The van der Waals surface area contributed by atoms with E-state index in [1.54, 1.807) is 0 Å². The number of carbonyl (C=O) groups excluding carboxylic acids is 1. The molecule has 25 heavy (non-hydrogen) atoms. The molecule has 2 atom stereocenters. The van der Waals surface area contributed by atoms with Crippen molar-refractivity contribution in [3.8, 4) is 0 Å². The van der Waals surface area contributed by atoms with Crippen molar-refractivity contribution in [2.24, 2.45) is 11.7 Å². The van der Waals surface area contributed by atoms with Gasteiger partial charge in [0.05, 0.1) is 12.1 Å². The highest BCUT2D eigenvalue weighted by atomic mass is 16.5. The number of aryl methyl sites for hydroxylation is 1. The lowest BCUT2D eigenvalue weighted by atomic mass is 9.92. The lowest BCUT2D eigenvalue weighted by Gasteiger charge is -2.30. The van der Waals surface area contributed by atoms with Gasteiger partial charge in [0.1, 0.15) is 0 Å². The van der Waals surface area contributed by atoms with Crippen LogP contribution in [0.1, 0.15) is 42.9 Å². The minimum atomic E-state index is -0.429. The highest BCUT2D eigenvalue weighted by molar-refractivity contribution is 5.81. The quantitative estimate of drug-likeness (QED) is 0.827. The van der Waals surface area contributed by atoms with Crippen molar-refractivity contribution in [2.75, 3.05) is 32.8 Å². The van der Waals surface area contributed by atoms with Crippen LogP contribution in [0.4, 0.5) is 0 Å². The first-order valence-corrected chi connectivity index (χ1v) is 9.57. The molecule has 0 saturated carbocycles. The molecule has 5 nitrogen and oxygen atoms in total. The van der Waals surface area contributed by atoms with Crippen molar-refractivity contribution >= 4 is 5.91 Å². The van der Waals surface area contributed by atoms with Gasteiger partial charge in [0.25, 0.3) is 0 Å². The molecule has 5 heteroatoms. The first-order valence-electron chi connectivity index (χ1n) is 9.57. The monoisotopic (exact) mass is 345 g/mol. The van der Waals surface area contributed by atoms with E-state index in [1.165, 1.54) is 24.0 Å². The van der Waals surface area contributed by atoms with E-state index in [9.17, 15) is 4.79 Å². The Morgan fingerprint density at radius 2 is 1.88 bits per heavy atom. The Kier molecular flexibility index (Phi) is 6.45. The van der Waals surface area contributed by atoms with Crippen LogP contribution in [0.5, 0.6) is 0 Å². The summed E-state index contributed by atoms with van der Waals surface area (Å²) in [4.78, 5) is 15.0. The molecule has 2 saturated heterocycles. The first kappa shape index (κ1) is 18.4. The van der Waals surface area contributed by atoms with Crippen LogP contribution in [0, 0.1) is 12.8 Å². The number of nitrogens with two attached hydrogens (primary N) is 1. The highest BCUT2D eigenvalue weighted by Crippen LogP contribution is 2.25. The molecular formula is C20H31N3O2. The maximum Gasteiger partial charge on any atom is 0.237 e. The average molecular weight is 345 g/mol. The Balaban J connectivity index is 1.61. The summed E-state index contributed by atoms with van der Waals surface area (Å²) in [6.07, 6.45) is 4.22. The third-order valence-corrected chi connectivity index (χ3v) is 5.59. The van der Waals surface area contributed by atoms with Gasteiger partial charge in [-0.1, -0.05) is 29.8 Å². The summed E-state index contributed by atoms with van der Waals surface area (Å²) in [7, 11) is 0. The fraction of sp³-hybridized carbons (Fsp3) is 0.650. The third kappa shape index (κ3) is 4.81. The topological polar surface area (TPSA) is 67.6 Å². The number of hydrogen-bond donors (Lipinski definition) is 2. The lowest BCUT2D eigenvalue weighted by Crippen LogP contribution is -2.49. The summed E-state index contributed by atoms with van der Waals surface area (Å²) in [6, 6.07) is 8.46. The molecule has 2 heterocycles. The van der Waals surface area contributed by atoms with Gasteiger partial charge in [-0.25, -0.2) is 0 Å². The molecule has 0 bridgehead atoms. The average Bonchev–Trinajstić information content (AvgIpc) is 3.17. The predicted octanol–water partition coefficient (Wildman–Crippen LogP) is 2.00. The van der Waals surface area contributed by atoms with Crippen LogP contribution < -0.4 is 11.1 Å². The number of rotatable bonds is 6. The van der Waals surface area contributed by atoms with E-state index in [2.05, 4.69) is 41.4 Å². The van der Waals surface area contributed by atoms with E-state index < -0.39 is 6.04 Å². The molecule has 138 valence electrons. The van der Waals surface area contributed by atoms with Crippen LogP contribution in [-0.2, 0) is 9.53 Å². The first-order chi connectivity index (χ1) is 12.1. The number of nitrogens with one attached hydrogen (secondary N) is 1. The Morgan fingerprint density at radius 3 is 2.52 bits per heavy atom. The van der Waals surface area contributed by atoms with E-state index in [0.717, 1.165) is 25.9 Å². The van der Waals surface area contributed by atoms with Crippen LogP contribution in [0.2, 0.25) is 0 Å². The van der Waals surface area contributed by atoms with Crippen molar-refractivity contribution in [1.29, 1.82) is 0 Å². The second-order valence-electron chi connectivity index (χ2n) is 7.39. The molecule has 3 N–H and O–H groups in total. The Hall–Kier alpha value is -1.43. The van der Waals surface area contributed by atoms with Crippen molar-refractivity contribution in [3.05, 3.63) is 35.4 Å². The van der Waals surface area contributed by atoms with E-state index in [1.807, 2.05) is 0 Å². The predicted molar refractivity (Wildman–Crippen MR) is 99.3 cm³/mol. The molecule has 1 aromatic carbocycles. The molecule has 2 aliphatic heterocycles. The van der Waals surface area contributed by atoms with Crippen molar-refractivity contribution < 1.29 is 9.53 Å². The summed E-state index contributed by atoms with van der Waals surface area (Å²) < 4.78 is 5.37. The van der Waals surface area contributed by atoms with Gasteiger partial charge >= 0.3 is 0 Å². The van der Waals surface area contributed by atoms with Gasteiger partial charge in [0.2, 0.25) is 5.91 Å². The fourth-order valence-electron chi connectivity index (χ4n) is 3.90. The molecule has 0 aliphatic carbocycles. The maximum absolute atomic E-state index is 12.6. The van der Waals surface area contributed by atoms with Gasteiger partial charge in [0.15, 0.2) is 0 Å². The number of benzene rings is 1. The van der Waals surface area contributed by atoms with Gasteiger partial charge in [-0.2, -0.15) is 0 Å². The van der Waals surface area contributed by atoms with Gasteiger partial charge < -0.3 is 15.8 Å². The summed E-state index contributed by atoms with van der Waals surface area (Å²) in [5.41, 5.74) is 8.74. The van der Waals surface area contributed by atoms with E-state index in [4.69, 9.17) is 10.5 Å². The van der Waals surface area contributed by atoms with Crippen molar-refractivity contribution in [1.82, 2.24) is 10.2 Å². The van der Waals surface area contributed by atoms with Gasteiger partial charge in [-0.05, 0) is 57.2 Å². The molecular weight excluding hydrogens is 314 g/mol. The lowest BCUT2D eigenvalue weighted by molar-refractivity contribution is -0.124. The van der Waals surface area contributed by atoms with E-state index in [-0.39, 0.29) is 17.9 Å². The van der Waals surface area contributed by atoms with Crippen LogP contribution >= 0.6 is 0 Å². The zero-order chi connectivity index (χ0) is 17.6. The molecule has 2 aliphatic rings. The number of amides is 1. The number of carbonyl (C=O) groups is 1. The smallest absolute Gasteiger partial charge is 0.237 e. The Bertz CT molecular complexity index is 549. The van der Waals surface area contributed by atoms with E-state index >= 15 is 0 Å². The van der Waals surface area contributed by atoms with Gasteiger partial charge in [-0.3, -0.25) is 9.69 Å². The summed E-state index contributed by atoms with van der Waals surface area (Å²) in [5, 5.41) is 3.12. The van der Waals surface area contributed by atoms with Crippen LogP contribution in [0.3, 0.4) is 0 Å². The second kappa shape index (κ2) is 8.79. The molecule has 0 aromatic heterocycles. The zero-order valence-corrected chi connectivity index (χ0v) is 15.2. The molecule has 1 aromatic rings. The normalized spacial score (nSPS) is 21.8. The SMILES string of the molecule is Cc1ccc(C(CNC(=O)C(N)C2CCOCC2)N2CCCC2)cc1. The van der Waals surface area contributed by atoms with Crippen LogP contribution in [0.15, 0.2) is 24.3 Å². The van der Waals surface area contributed by atoms with E-state index in [0.29, 0.717) is 19.8 Å². The molecule has 0 radical (unpaired) electrons. The number of likely N-dealkylation sites (tertiary alicyclic amines) is 1.